The Morgan fingerprint density at radius 1 is 1.07 bits per heavy atom. The summed E-state index contributed by atoms with van der Waals surface area (Å²) in [6, 6.07) is 16.3. The van der Waals surface area contributed by atoms with Crippen LogP contribution in [0.4, 0.5) is 5.69 Å². The summed E-state index contributed by atoms with van der Waals surface area (Å²) in [6.45, 7) is 1.17. The predicted octanol–water partition coefficient (Wildman–Crippen LogP) is 4.31. The summed E-state index contributed by atoms with van der Waals surface area (Å²) in [5.74, 6) is 1.44. The van der Waals surface area contributed by atoms with Gasteiger partial charge in [-0.3, -0.25) is 4.79 Å². The number of carbonyl (C=O) groups excluding carboxylic acids is 1. The molecule has 5 rings (SSSR count). The number of carbonyl (C=O) groups is 1. The van der Waals surface area contributed by atoms with E-state index in [0.29, 0.717) is 17.5 Å². The van der Waals surface area contributed by atoms with Gasteiger partial charge in [0.2, 0.25) is 0 Å². The first kappa shape index (κ1) is 17.5. The fourth-order valence-electron chi connectivity index (χ4n) is 3.53. The Labute approximate surface area is 168 Å². The second kappa shape index (κ2) is 7.45. The van der Waals surface area contributed by atoms with E-state index in [-0.39, 0.29) is 5.91 Å². The summed E-state index contributed by atoms with van der Waals surface area (Å²) in [4.78, 5) is 12.5. The standard InChI is InChI=1S/C22H22N4OS/c27-22(17-5-3-16(4-6-17)21-13-28-26-25-21)24-18-9-7-15(8-10-18)19-11-20(19)23-12-14-1-2-14/h3-10,13-14,19-20,23H,1-2,11-12H2,(H,24,27)/t19-,20+/m0/s1. The molecule has 1 amide bonds. The maximum Gasteiger partial charge on any atom is 0.255 e. The van der Waals surface area contributed by atoms with Gasteiger partial charge in [0.05, 0.1) is 0 Å². The van der Waals surface area contributed by atoms with Crippen LogP contribution in [0.25, 0.3) is 11.3 Å². The molecule has 0 spiro atoms. The lowest BCUT2D eigenvalue weighted by molar-refractivity contribution is 0.102. The zero-order valence-corrected chi connectivity index (χ0v) is 16.3. The normalized spacial score (nSPS) is 20.7. The third kappa shape index (κ3) is 3.98. The molecule has 0 radical (unpaired) electrons. The second-order valence-corrected chi connectivity index (χ2v) is 8.35. The first-order valence-electron chi connectivity index (χ1n) is 9.78. The first-order chi connectivity index (χ1) is 13.8. The van der Waals surface area contributed by atoms with E-state index in [2.05, 4.69) is 32.4 Å². The first-order valence-corrected chi connectivity index (χ1v) is 10.6. The van der Waals surface area contributed by atoms with E-state index in [4.69, 9.17) is 0 Å². The molecule has 0 unspecified atom stereocenters. The van der Waals surface area contributed by atoms with Crippen molar-refractivity contribution in [2.45, 2.75) is 31.2 Å². The Kier molecular flexibility index (Phi) is 4.66. The van der Waals surface area contributed by atoms with Crippen molar-refractivity contribution in [3.8, 4) is 11.3 Å². The van der Waals surface area contributed by atoms with Gasteiger partial charge in [-0.05, 0) is 73.1 Å². The number of hydrogen-bond acceptors (Lipinski definition) is 5. The fourth-order valence-corrected chi connectivity index (χ4v) is 3.99. The third-order valence-corrected chi connectivity index (χ3v) is 6.06. The van der Waals surface area contributed by atoms with E-state index in [1.807, 2.05) is 41.8 Å². The fraction of sp³-hybridized carbons (Fsp3) is 0.318. The van der Waals surface area contributed by atoms with Crippen molar-refractivity contribution in [3.63, 3.8) is 0 Å². The highest BCUT2D eigenvalue weighted by atomic mass is 32.1. The van der Waals surface area contributed by atoms with Crippen LogP contribution in [-0.2, 0) is 0 Å². The quantitative estimate of drug-likeness (QED) is 0.631. The Hall–Kier alpha value is -2.57. The molecule has 1 aromatic heterocycles. The van der Waals surface area contributed by atoms with Gasteiger partial charge in [-0.1, -0.05) is 28.8 Å². The Morgan fingerprint density at radius 3 is 2.54 bits per heavy atom. The Bertz CT molecular complexity index is 949. The molecule has 28 heavy (non-hydrogen) atoms. The minimum Gasteiger partial charge on any atom is -0.322 e. The van der Waals surface area contributed by atoms with Crippen molar-refractivity contribution in [2.24, 2.45) is 5.92 Å². The molecule has 2 aliphatic rings. The van der Waals surface area contributed by atoms with Gasteiger partial charge in [0.15, 0.2) is 0 Å². The van der Waals surface area contributed by atoms with Crippen LogP contribution in [0.5, 0.6) is 0 Å². The Balaban J connectivity index is 1.17. The lowest BCUT2D eigenvalue weighted by Crippen LogP contribution is -2.20. The molecule has 2 fully saturated rings. The summed E-state index contributed by atoms with van der Waals surface area (Å²) < 4.78 is 3.87. The van der Waals surface area contributed by atoms with Crippen molar-refractivity contribution in [3.05, 3.63) is 65.0 Å². The van der Waals surface area contributed by atoms with Gasteiger partial charge in [0.1, 0.15) is 5.69 Å². The topological polar surface area (TPSA) is 66.9 Å². The van der Waals surface area contributed by atoms with Gasteiger partial charge in [-0.2, -0.15) is 0 Å². The molecule has 2 aromatic carbocycles. The molecule has 2 aliphatic carbocycles. The molecular formula is C22H22N4OS. The minimum atomic E-state index is -0.105. The summed E-state index contributed by atoms with van der Waals surface area (Å²) in [7, 11) is 0. The summed E-state index contributed by atoms with van der Waals surface area (Å²) >= 11 is 1.32. The number of amides is 1. The zero-order valence-electron chi connectivity index (χ0n) is 15.5. The molecule has 2 atom stereocenters. The third-order valence-electron chi connectivity index (χ3n) is 5.56. The summed E-state index contributed by atoms with van der Waals surface area (Å²) in [5.41, 5.74) is 4.60. The monoisotopic (exact) mass is 390 g/mol. The summed E-state index contributed by atoms with van der Waals surface area (Å²) in [5, 5.41) is 12.6. The van der Waals surface area contributed by atoms with Gasteiger partial charge in [0, 0.05) is 34.2 Å². The van der Waals surface area contributed by atoms with Crippen LogP contribution in [-0.4, -0.2) is 28.1 Å². The van der Waals surface area contributed by atoms with Gasteiger partial charge < -0.3 is 10.6 Å². The van der Waals surface area contributed by atoms with E-state index < -0.39 is 0 Å². The number of rotatable bonds is 7. The Morgan fingerprint density at radius 2 is 1.86 bits per heavy atom. The molecule has 0 aliphatic heterocycles. The van der Waals surface area contributed by atoms with Crippen LogP contribution in [0.2, 0.25) is 0 Å². The van der Waals surface area contributed by atoms with Crippen LogP contribution in [0.1, 0.15) is 41.1 Å². The number of benzene rings is 2. The van der Waals surface area contributed by atoms with Gasteiger partial charge in [0.25, 0.3) is 5.91 Å². The summed E-state index contributed by atoms with van der Waals surface area (Å²) in [6.07, 6.45) is 4.01. The van der Waals surface area contributed by atoms with Crippen molar-refractivity contribution in [2.75, 3.05) is 11.9 Å². The molecule has 0 bridgehead atoms. The van der Waals surface area contributed by atoms with Crippen molar-refractivity contribution in [1.82, 2.24) is 14.9 Å². The smallest absolute Gasteiger partial charge is 0.255 e. The highest BCUT2D eigenvalue weighted by Crippen LogP contribution is 2.41. The largest absolute Gasteiger partial charge is 0.322 e. The molecule has 5 nitrogen and oxygen atoms in total. The van der Waals surface area contributed by atoms with Gasteiger partial charge in [-0.15, -0.1) is 5.10 Å². The highest BCUT2D eigenvalue weighted by Gasteiger charge is 2.38. The van der Waals surface area contributed by atoms with Gasteiger partial charge >= 0.3 is 0 Å². The van der Waals surface area contributed by atoms with Crippen LogP contribution in [0.3, 0.4) is 0 Å². The van der Waals surface area contributed by atoms with Crippen LogP contribution in [0.15, 0.2) is 53.9 Å². The molecule has 0 saturated heterocycles. The van der Waals surface area contributed by atoms with Crippen LogP contribution < -0.4 is 10.6 Å². The van der Waals surface area contributed by atoms with Gasteiger partial charge in [-0.25, -0.2) is 0 Å². The van der Waals surface area contributed by atoms with Crippen LogP contribution >= 0.6 is 11.5 Å². The van der Waals surface area contributed by atoms with E-state index in [1.165, 1.54) is 42.9 Å². The average molecular weight is 391 g/mol. The van der Waals surface area contributed by atoms with Crippen LogP contribution in [0, 0.1) is 5.92 Å². The van der Waals surface area contributed by atoms with Crippen molar-refractivity contribution < 1.29 is 4.79 Å². The number of hydrogen-bond donors (Lipinski definition) is 2. The molecule has 1 heterocycles. The average Bonchev–Trinajstić information content (AvgIpc) is 3.64. The van der Waals surface area contributed by atoms with E-state index in [1.54, 1.807) is 0 Å². The number of aromatic nitrogens is 2. The number of nitrogens with one attached hydrogen (secondary N) is 2. The van der Waals surface area contributed by atoms with E-state index >= 15 is 0 Å². The highest BCUT2D eigenvalue weighted by molar-refractivity contribution is 7.03. The van der Waals surface area contributed by atoms with E-state index in [0.717, 1.165) is 22.9 Å². The second-order valence-electron chi connectivity index (χ2n) is 7.74. The molecule has 6 heteroatoms. The lowest BCUT2D eigenvalue weighted by Gasteiger charge is -2.08. The van der Waals surface area contributed by atoms with Crippen molar-refractivity contribution in [1.29, 1.82) is 0 Å². The zero-order chi connectivity index (χ0) is 18.9. The molecule has 2 N–H and O–H groups in total. The molecule has 142 valence electrons. The SMILES string of the molecule is O=C(Nc1ccc([C@@H]2C[C@H]2NCC2CC2)cc1)c1ccc(-c2csnn2)cc1. The van der Waals surface area contributed by atoms with E-state index in [9.17, 15) is 4.79 Å². The maximum atomic E-state index is 12.5. The number of nitrogens with zero attached hydrogens (tertiary/aromatic N) is 2. The lowest BCUT2D eigenvalue weighted by atomic mass is 10.1. The molecule has 2 saturated carbocycles. The maximum absolute atomic E-state index is 12.5. The number of anilines is 1. The van der Waals surface area contributed by atoms with Crippen molar-refractivity contribution >= 4 is 23.1 Å². The molecular weight excluding hydrogens is 368 g/mol. The molecule has 3 aromatic rings. The minimum absolute atomic E-state index is 0.105. The predicted molar refractivity (Wildman–Crippen MR) is 112 cm³/mol.